The molecule has 4 nitrogen and oxygen atoms in total. The summed E-state index contributed by atoms with van der Waals surface area (Å²) in [6.45, 7) is 0. The van der Waals surface area contributed by atoms with E-state index < -0.39 is 0 Å². The Bertz CT molecular complexity index is 615. The molecule has 1 aromatic carbocycles. The van der Waals surface area contributed by atoms with Crippen LogP contribution < -0.4 is 0 Å². The van der Waals surface area contributed by atoms with E-state index in [1.54, 1.807) is 0 Å². The Morgan fingerprint density at radius 1 is 1.31 bits per heavy atom. The fourth-order valence-electron chi connectivity index (χ4n) is 1.60. The van der Waals surface area contributed by atoms with Crippen LogP contribution in [0, 0.1) is 0 Å². The summed E-state index contributed by atoms with van der Waals surface area (Å²) >= 11 is 3.38. The molecule has 0 aliphatic carbocycles. The summed E-state index contributed by atoms with van der Waals surface area (Å²) in [7, 11) is 0. The highest BCUT2D eigenvalue weighted by Gasteiger charge is 2.22. The predicted molar refractivity (Wildman–Crippen MR) is 61.2 cm³/mol. The second-order valence-electron chi connectivity index (χ2n) is 3.47. The number of halogens is 1. The van der Waals surface area contributed by atoms with Crippen LogP contribution in [-0.4, -0.2) is 11.7 Å². The zero-order chi connectivity index (χ0) is 11.1. The van der Waals surface area contributed by atoms with Gasteiger partial charge in [0.2, 0.25) is 0 Å². The van der Waals surface area contributed by atoms with Crippen LogP contribution in [0.5, 0.6) is 0 Å². The van der Waals surface area contributed by atoms with Crippen LogP contribution in [0.25, 0.3) is 11.0 Å². The zero-order valence-corrected chi connectivity index (χ0v) is 9.65. The smallest absolute Gasteiger partial charge is 0.341 e. The Balaban J connectivity index is 2.09. The molecule has 0 saturated carbocycles. The van der Waals surface area contributed by atoms with Crippen molar-refractivity contribution < 1.29 is 14.0 Å². The Morgan fingerprint density at radius 2 is 2.19 bits per heavy atom. The SMILES string of the molecule is O=C1CC(c2cc3cc(Br)ccc3o2)=NO1. The summed E-state index contributed by atoms with van der Waals surface area (Å²) in [5, 5.41) is 4.63. The van der Waals surface area contributed by atoms with Crippen LogP contribution in [-0.2, 0) is 9.63 Å². The lowest BCUT2D eigenvalue weighted by Crippen LogP contribution is -1.98. The van der Waals surface area contributed by atoms with Gasteiger partial charge < -0.3 is 9.25 Å². The maximum atomic E-state index is 10.9. The highest BCUT2D eigenvalue weighted by atomic mass is 79.9. The number of rotatable bonds is 1. The maximum absolute atomic E-state index is 10.9. The third kappa shape index (κ3) is 1.53. The first-order valence-corrected chi connectivity index (χ1v) is 5.48. The second kappa shape index (κ2) is 3.45. The fourth-order valence-corrected chi connectivity index (χ4v) is 1.97. The van der Waals surface area contributed by atoms with E-state index >= 15 is 0 Å². The molecule has 80 valence electrons. The van der Waals surface area contributed by atoms with Gasteiger partial charge in [-0.05, 0) is 24.3 Å². The molecule has 1 aliphatic rings. The van der Waals surface area contributed by atoms with Crippen molar-refractivity contribution in [1.29, 1.82) is 0 Å². The Labute approximate surface area is 99.0 Å². The monoisotopic (exact) mass is 279 g/mol. The molecule has 0 fully saturated rings. The van der Waals surface area contributed by atoms with E-state index in [4.69, 9.17) is 4.42 Å². The maximum Gasteiger partial charge on any atom is 0.341 e. The van der Waals surface area contributed by atoms with Gasteiger partial charge in [-0.3, -0.25) is 0 Å². The molecule has 1 aromatic heterocycles. The van der Waals surface area contributed by atoms with Crippen LogP contribution in [0.2, 0.25) is 0 Å². The number of nitrogens with zero attached hydrogens (tertiary/aromatic N) is 1. The minimum Gasteiger partial charge on any atom is -0.455 e. The van der Waals surface area contributed by atoms with Crippen LogP contribution in [0.3, 0.4) is 0 Å². The molecule has 0 spiro atoms. The highest BCUT2D eigenvalue weighted by molar-refractivity contribution is 9.10. The van der Waals surface area contributed by atoms with Crippen LogP contribution in [0.1, 0.15) is 12.2 Å². The molecule has 0 radical (unpaired) electrons. The van der Waals surface area contributed by atoms with Gasteiger partial charge >= 0.3 is 5.97 Å². The second-order valence-corrected chi connectivity index (χ2v) is 4.39. The van der Waals surface area contributed by atoms with Crippen molar-refractivity contribution in [1.82, 2.24) is 0 Å². The number of fused-ring (bicyclic) bond motifs is 1. The fraction of sp³-hybridized carbons (Fsp3) is 0.0909. The van der Waals surface area contributed by atoms with E-state index in [1.165, 1.54) is 0 Å². The molecule has 0 unspecified atom stereocenters. The normalized spacial score (nSPS) is 15.3. The third-order valence-electron chi connectivity index (χ3n) is 2.33. The van der Waals surface area contributed by atoms with Crippen LogP contribution in [0.15, 0.2) is 38.3 Å². The first-order valence-electron chi connectivity index (χ1n) is 4.68. The molecule has 16 heavy (non-hydrogen) atoms. The van der Waals surface area contributed by atoms with Gasteiger partial charge in [-0.15, -0.1) is 0 Å². The van der Waals surface area contributed by atoms with Crippen molar-refractivity contribution in [2.75, 3.05) is 0 Å². The number of carbonyl (C=O) groups is 1. The van der Waals surface area contributed by atoms with E-state index in [0.717, 1.165) is 15.4 Å². The molecule has 0 saturated heterocycles. The first-order chi connectivity index (χ1) is 7.72. The molecule has 0 bridgehead atoms. The molecule has 0 N–H and O–H groups in total. The molecule has 0 amide bonds. The van der Waals surface area contributed by atoms with Crippen LogP contribution in [0.4, 0.5) is 0 Å². The standard InChI is InChI=1S/C11H6BrNO3/c12-7-1-2-9-6(3-7)4-10(15-9)8-5-11(14)16-13-8/h1-4H,5H2. The van der Waals surface area contributed by atoms with E-state index in [0.29, 0.717) is 11.5 Å². The number of benzene rings is 1. The van der Waals surface area contributed by atoms with Crippen molar-refractivity contribution in [2.24, 2.45) is 5.16 Å². The van der Waals surface area contributed by atoms with Gasteiger partial charge in [0, 0.05) is 9.86 Å². The molecule has 2 heterocycles. The summed E-state index contributed by atoms with van der Waals surface area (Å²) in [4.78, 5) is 15.4. The largest absolute Gasteiger partial charge is 0.455 e. The summed E-state index contributed by atoms with van der Waals surface area (Å²) in [5.41, 5.74) is 1.30. The summed E-state index contributed by atoms with van der Waals surface area (Å²) in [6, 6.07) is 7.55. The lowest BCUT2D eigenvalue weighted by Gasteiger charge is -1.88. The molecule has 0 atom stereocenters. The van der Waals surface area contributed by atoms with Gasteiger partial charge in [-0.25, -0.2) is 4.79 Å². The van der Waals surface area contributed by atoms with Gasteiger partial charge in [0.1, 0.15) is 11.3 Å². The molecule has 2 aromatic rings. The number of hydrogen-bond acceptors (Lipinski definition) is 4. The Kier molecular flexibility index (Phi) is 2.07. The van der Waals surface area contributed by atoms with Crippen molar-refractivity contribution in [2.45, 2.75) is 6.42 Å². The van der Waals surface area contributed by atoms with Crippen LogP contribution >= 0.6 is 15.9 Å². The Hall–Kier alpha value is -1.62. The van der Waals surface area contributed by atoms with Gasteiger partial charge in [-0.1, -0.05) is 21.1 Å². The van der Waals surface area contributed by atoms with Crippen molar-refractivity contribution in [3.63, 3.8) is 0 Å². The highest BCUT2D eigenvalue weighted by Crippen LogP contribution is 2.25. The zero-order valence-electron chi connectivity index (χ0n) is 8.07. The van der Waals surface area contributed by atoms with Gasteiger partial charge in [-0.2, -0.15) is 0 Å². The topological polar surface area (TPSA) is 51.8 Å². The van der Waals surface area contributed by atoms with Crippen molar-refractivity contribution in [3.05, 3.63) is 34.5 Å². The molecule has 3 rings (SSSR count). The van der Waals surface area contributed by atoms with E-state index in [9.17, 15) is 4.79 Å². The summed E-state index contributed by atoms with van der Waals surface area (Å²) < 4.78 is 6.55. The Morgan fingerprint density at radius 3 is 2.94 bits per heavy atom. The number of oxime groups is 1. The molecule has 1 aliphatic heterocycles. The number of carbonyl (C=O) groups excluding carboxylic acids is 1. The summed E-state index contributed by atoms with van der Waals surface area (Å²) in [6.07, 6.45) is 0.168. The average molecular weight is 280 g/mol. The van der Waals surface area contributed by atoms with Gasteiger partial charge in [0.25, 0.3) is 0 Å². The number of hydrogen-bond donors (Lipinski definition) is 0. The summed E-state index contributed by atoms with van der Waals surface area (Å²) in [5.74, 6) is 0.232. The quantitative estimate of drug-likeness (QED) is 0.755. The van der Waals surface area contributed by atoms with Gasteiger partial charge in [0.05, 0.1) is 6.42 Å². The lowest BCUT2D eigenvalue weighted by atomic mass is 10.2. The van der Waals surface area contributed by atoms with E-state index in [-0.39, 0.29) is 12.4 Å². The lowest BCUT2D eigenvalue weighted by molar-refractivity contribution is -0.140. The molecular weight excluding hydrogens is 274 g/mol. The third-order valence-corrected chi connectivity index (χ3v) is 2.83. The number of furan rings is 1. The molecular formula is C11H6BrNO3. The molecule has 5 heteroatoms. The van der Waals surface area contributed by atoms with Crippen molar-refractivity contribution >= 4 is 38.6 Å². The average Bonchev–Trinajstić information content (AvgIpc) is 2.83. The first kappa shape index (κ1) is 9.59. The predicted octanol–water partition coefficient (Wildman–Crippen LogP) is 2.85. The van der Waals surface area contributed by atoms with Gasteiger partial charge in [0.15, 0.2) is 5.76 Å². The van der Waals surface area contributed by atoms with E-state index in [2.05, 4.69) is 25.9 Å². The van der Waals surface area contributed by atoms with E-state index in [1.807, 2.05) is 24.3 Å². The minimum absolute atomic E-state index is 0.168. The minimum atomic E-state index is -0.350. The van der Waals surface area contributed by atoms with Crippen molar-refractivity contribution in [3.8, 4) is 0 Å².